The maximum absolute atomic E-state index is 12.2. The van der Waals surface area contributed by atoms with E-state index in [1.807, 2.05) is 6.07 Å². The molecule has 2 heterocycles. The zero-order chi connectivity index (χ0) is 14.8. The van der Waals surface area contributed by atoms with Gasteiger partial charge in [-0.15, -0.1) is 0 Å². The van der Waals surface area contributed by atoms with Crippen molar-refractivity contribution in [2.45, 2.75) is 51.7 Å². The number of fused-ring (bicyclic) bond motifs is 1. The molecule has 0 bridgehead atoms. The zero-order valence-corrected chi connectivity index (χ0v) is 12.8. The number of aryl methyl sites for hydroxylation is 2. The van der Waals surface area contributed by atoms with Gasteiger partial charge in [-0.25, -0.2) is 0 Å². The quantitative estimate of drug-likeness (QED) is 0.925. The third-order valence-electron chi connectivity index (χ3n) is 4.43. The average molecular weight is 289 g/mol. The largest absolute Gasteiger partial charge is 0.480 e. The van der Waals surface area contributed by atoms with Gasteiger partial charge in [0.2, 0.25) is 0 Å². The van der Waals surface area contributed by atoms with Crippen LogP contribution in [0.2, 0.25) is 0 Å². The standard InChI is InChI=1S/C17H23NO3/c1-11-8-13-10-16(21-15(13)9-12(11)2)17(19)18-6-5-14-4-3-7-20-14/h8-9,14,16H,3-7,10H2,1-2H3,(H,18,19)/t14-,16+/m0/s1. The Labute approximate surface area is 125 Å². The van der Waals surface area contributed by atoms with Crippen molar-refractivity contribution in [2.75, 3.05) is 13.2 Å². The molecule has 1 amide bonds. The van der Waals surface area contributed by atoms with Crippen LogP contribution >= 0.6 is 0 Å². The molecule has 4 nitrogen and oxygen atoms in total. The van der Waals surface area contributed by atoms with Gasteiger partial charge >= 0.3 is 0 Å². The predicted octanol–water partition coefficient (Wildman–Crippen LogP) is 2.29. The molecule has 0 aromatic heterocycles. The van der Waals surface area contributed by atoms with Gasteiger partial charge in [0.05, 0.1) is 6.10 Å². The average Bonchev–Trinajstić information content (AvgIpc) is 3.08. The van der Waals surface area contributed by atoms with Crippen LogP contribution in [0.5, 0.6) is 5.75 Å². The lowest BCUT2D eigenvalue weighted by Crippen LogP contribution is -2.38. The van der Waals surface area contributed by atoms with Crippen molar-refractivity contribution in [3.63, 3.8) is 0 Å². The molecule has 3 rings (SSSR count). The van der Waals surface area contributed by atoms with Crippen LogP contribution in [0.3, 0.4) is 0 Å². The molecule has 2 atom stereocenters. The molecule has 0 unspecified atom stereocenters. The molecular weight excluding hydrogens is 266 g/mol. The summed E-state index contributed by atoms with van der Waals surface area (Å²) in [6, 6.07) is 4.16. The molecule has 1 N–H and O–H groups in total. The molecule has 114 valence electrons. The third kappa shape index (κ3) is 3.21. The van der Waals surface area contributed by atoms with Crippen LogP contribution in [0.1, 0.15) is 36.0 Å². The fourth-order valence-electron chi connectivity index (χ4n) is 3.00. The molecule has 1 saturated heterocycles. The highest BCUT2D eigenvalue weighted by molar-refractivity contribution is 5.82. The van der Waals surface area contributed by atoms with Crippen molar-refractivity contribution in [3.05, 3.63) is 28.8 Å². The SMILES string of the molecule is Cc1cc2c(cc1C)O[C@@H](C(=O)NCC[C@@H]1CCCO1)C2. The predicted molar refractivity (Wildman–Crippen MR) is 80.6 cm³/mol. The molecule has 4 heteroatoms. The minimum Gasteiger partial charge on any atom is -0.480 e. The molecule has 0 radical (unpaired) electrons. The Hall–Kier alpha value is -1.55. The van der Waals surface area contributed by atoms with Crippen LogP contribution in [-0.2, 0) is 16.0 Å². The normalized spacial score (nSPS) is 23.7. The molecular formula is C17H23NO3. The lowest BCUT2D eigenvalue weighted by Gasteiger charge is -2.13. The summed E-state index contributed by atoms with van der Waals surface area (Å²) >= 11 is 0. The Morgan fingerprint density at radius 3 is 2.90 bits per heavy atom. The third-order valence-corrected chi connectivity index (χ3v) is 4.43. The van der Waals surface area contributed by atoms with E-state index in [0.29, 0.717) is 19.1 Å². The first-order chi connectivity index (χ1) is 10.1. The van der Waals surface area contributed by atoms with E-state index in [0.717, 1.165) is 37.2 Å². The Balaban J connectivity index is 1.50. The van der Waals surface area contributed by atoms with E-state index in [1.54, 1.807) is 0 Å². The smallest absolute Gasteiger partial charge is 0.261 e. The van der Waals surface area contributed by atoms with Gasteiger partial charge < -0.3 is 14.8 Å². The summed E-state index contributed by atoms with van der Waals surface area (Å²) in [5.74, 6) is 0.844. The minimum absolute atomic E-state index is 0.0143. The first kappa shape index (κ1) is 14.4. The van der Waals surface area contributed by atoms with Gasteiger partial charge in [0, 0.05) is 19.6 Å². The van der Waals surface area contributed by atoms with E-state index in [4.69, 9.17) is 9.47 Å². The van der Waals surface area contributed by atoms with Gasteiger partial charge in [-0.1, -0.05) is 6.07 Å². The maximum atomic E-state index is 12.2. The van der Waals surface area contributed by atoms with Crippen LogP contribution in [0, 0.1) is 13.8 Å². The van der Waals surface area contributed by atoms with Crippen LogP contribution in [-0.4, -0.2) is 31.3 Å². The maximum Gasteiger partial charge on any atom is 0.261 e. The Kier molecular flexibility index (Phi) is 4.15. The minimum atomic E-state index is -0.384. The number of benzene rings is 1. The van der Waals surface area contributed by atoms with E-state index in [1.165, 1.54) is 11.1 Å². The van der Waals surface area contributed by atoms with Crippen LogP contribution in [0.4, 0.5) is 0 Å². The molecule has 2 aliphatic heterocycles. The highest BCUT2D eigenvalue weighted by atomic mass is 16.5. The van der Waals surface area contributed by atoms with E-state index in [2.05, 4.69) is 25.2 Å². The lowest BCUT2D eigenvalue weighted by atomic mass is 10.0. The van der Waals surface area contributed by atoms with E-state index in [-0.39, 0.29) is 12.0 Å². The molecule has 1 aromatic rings. The molecule has 2 aliphatic rings. The first-order valence-electron chi connectivity index (χ1n) is 7.79. The van der Waals surface area contributed by atoms with Gasteiger partial charge in [-0.3, -0.25) is 4.79 Å². The second kappa shape index (κ2) is 6.06. The van der Waals surface area contributed by atoms with Gasteiger partial charge in [0.1, 0.15) is 5.75 Å². The fraction of sp³-hybridized carbons (Fsp3) is 0.588. The summed E-state index contributed by atoms with van der Waals surface area (Å²) in [7, 11) is 0. The number of carbonyl (C=O) groups excluding carboxylic acids is 1. The van der Waals surface area contributed by atoms with Crippen molar-refractivity contribution < 1.29 is 14.3 Å². The summed E-state index contributed by atoms with van der Waals surface area (Å²) in [4.78, 5) is 12.2. The Bertz CT molecular complexity index is 504. The summed E-state index contributed by atoms with van der Waals surface area (Å²) in [5, 5.41) is 2.97. The van der Waals surface area contributed by atoms with E-state index >= 15 is 0 Å². The molecule has 1 aromatic carbocycles. The van der Waals surface area contributed by atoms with Crippen molar-refractivity contribution in [3.8, 4) is 5.75 Å². The number of hydrogen-bond donors (Lipinski definition) is 1. The Morgan fingerprint density at radius 2 is 2.14 bits per heavy atom. The monoisotopic (exact) mass is 289 g/mol. The van der Waals surface area contributed by atoms with E-state index in [9.17, 15) is 4.79 Å². The number of carbonyl (C=O) groups is 1. The van der Waals surface area contributed by atoms with Crippen molar-refractivity contribution in [1.82, 2.24) is 5.32 Å². The summed E-state index contributed by atoms with van der Waals surface area (Å²) in [6.07, 6.45) is 3.74. The second-order valence-electron chi connectivity index (χ2n) is 6.07. The number of amides is 1. The van der Waals surface area contributed by atoms with Crippen molar-refractivity contribution in [1.29, 1.82) is 0 Å². The summed E-state index contributed by atoms with van der Waals surface area (Å²) in [6.45, 7) is 5.68. The fourth-order valence-corrected chi connectivity index (χ4v) is 3.00. The van der Waals surface area contributed by atoms with Crippen molar-refractivity contribution in [2.24, 2.45) is 0 Å². The number of nitrogens with one attached hydrogen (secondary N) is 1. The Morgan fingerprint density at radius 1 is 1.33 bits per heavy atom. The summed E-state index contributed by atoms with van der Waals surface area (Å²) < 4.78 is 11.3. The van der Waals surface area contributed by atoms with E-state index < -0.39 is 0 Å². The summed E-state index contributed by atoms with van der Waals surface area (Å²) in [5.41, 5.74) is 3.59. The number of hydrogen-bond acceptors (Lipinski definition) is 3. The molecule has 21 heavy (non-hydrogen) atoms. The molecule has 0 spiro atoms. The highest BCUT2D eigenvalue weighted by Gasteiger charge is 2.29. The van der Waals surface area contributed by atoms with Gasteiger partial charge in [-0.05, 0) is 55.9 Å². The van der Waals surface area contributed by atoms with Gasteiger partial charge in [-0.2, -0.15) is 0 Å². The highest BCUT2D eigenvalue weighted by Crippen LogP contribution is 2.31. The van der Waals surface area contributed by atoms with Gasteiger partial charge in [0.25, 0.3) is 5.91 Å². The van der Waals surface area contributed by atoms with Crippen LogP contribution in [0.15, 0.2) is 12.1 Å². The second-order valence-corrected chi connectivity index (χ2v) is 6.07. The molecule has 1 fully saturated rings. The van der Waals surface area contributed by atoms with Crippen LogP contribution in [0.25, 0.3) is 0 Å². The molecule has 0 aliphatic carbocycles. The number of rotatable bonds is 4. The van der Waals surface area contributed by atoms with Gasteiger partial charge in [0.15, 0.2) is 6.10 Å². The number of ether oxygens (including phenoxy) is 2. The van der Waals surface area contributed by atoms with Crippen LogP contribution < -0.4 is 10.1 Å². The first-order valence-corrected chi connectivity index (χ1v) is 7.79. The molecule has 0 saturated carbocycles. The topological polar surface area (TPSA) is 47.6 Å². The zero-order valence-electron chi connectivity index (χ0n) is 12.8. The van der Waals surface area contributed by atoms with Crippen molar-refractivity contribution >= 4 is 5.91 Å². The lowest BCUT2D eigenvalue weighted by molar-refractivity contribution is -0.127.